The fraction of sp³-hybridized carbons (Fsp3) is 1.00. The Kier molecular flexibility index (Phi) is 6.63. The summed E-state index contributed by atoms with van der Waals surface area (Å²) in [5.41, 5.74) is 0. The van der Waals surface area contributed by atoms with Gasteiger partial charge in [-0.15, -0.1) is 0 Å². The summed E-state index contributed by atoms with van der Waals surface area (Å²) < 4.78 is 32.6. The van der Waals surface area contributed by atoms with E-state index in [1.165, 1.54) is 0 Å². The van der Waals surface area contributed by atoms with E-state index in [0.717, 1.165) is 0 Å². The van der Waals surface area contributed by atoms with E-state index in [1.807, 2.05) is 13.8 Å². The Bertz CT molecular complexity index is 259. The quantitative estimate of drug-likeness (QED) is 0.733. The average molecular weight is 292 g/mol. The van der Waals surface area contributed by atoms with Gasteiger partial charge in [-0.2, -0.15) is 0 Å². The van der Waals surface area contributed by atoms with Gasteiger partial charge in [0.15, 0.2) is 12.6 Å². The van der Waals surface area contributed by atoms with Crippen LogP contribution in [0.25, 0.3) is 0 Å². The van der Waals surface area contributed by atoms with Crippen LogP contribution < -0.4 is 0 Å². The molecule has 2 rings (SSSR count). The molecule has 0 aromatic carbocycles. The minimum atomic E-state index is -0.403. The first-order chi connectivity index (χ1) is 9.67. The molecule has 0 saturated carbocycles. The normalized spacial score (nSPS) is 36.8. The molecule has 118 valence electrons. The van der Waals surface area contributed by atoms with Gasteiger partial charge in [0, 0.05) is 0 Å². The molecule has 20 heavy (non-hydrogen) atoms. The lowest BCUT2D eigenvalue weighted by Gasteiger charge is -2.31. The number of rotatable bonds is 6. The number of ether oxygens (including phenoxy) is 6. The molecule has 1 atom stereocenters. The molecule has 2 saturated heterocycles. The van der Waals surface area contributed by atoms with Crippen molar-refractivity contribution in [2.45, 2.75) is 44.7 Å². The molecule has 0 spiro atoms. The third-order valence-corrected chi connectivity index (χ3v) is 3.17. The highest BCUT2D eigenvalue weighted by molar-refractivity contribution is 4.67. The predicted molar refractivity (Wildman–Crippen MR) is 68.2 cm³/mol. The molecule has 0 radical (unpaired) electrons. The third-order valence-electron chi connectivity index (χ3n) is 3.17. The predicted octanol–water partition coefficient (Wildman–Crippen LogP) is -0.0967. The maximum Gasteiger partial charge on any atom is 0.155 e. The van der Waals surface area contributed by atoms with E-state index in [9.17, 15) is 5.11 Å². The lowest BCUT2D eigenvalue weighted by Crippen LogP contribution is -2.42. The Labute approximate surface area is 119 Å². The fourth-order valence-electron chi connectivity index (χ4n) is 1.99. The summed E-state index contributed by atoms with van der Waals surface area (Å²) in [6.07, 6.45) is -1.08. The van der Waals surface area contributed by atoms with Crippen LogP contribution in [0.1, 0.15) is 13.8 Å². The van der Waals surface area contributed by atoms with E-state index >= 15 is 0 Å². The topological polar surface area (TPSA) is 75.6 Å². The zero-order chi connectivity index (χ0) is 14.4. The average Bonchev–Trinajstić information content (AvgIpc) is 2.47. The largest absolute Gasteiger partial charge is 0.394 e. The lowest BCUT2D eigenvalue weighted by molar-refractivity contribution is -0.244. The van der Waals surface area contributed by atoms with Crippen molar-refractivity contribution in [1.29, 1.82) is 0 Å². The van der Waals surface area contributed by atoms with E-state index in [4.69, 9.17) is 28.4 Å². The number of aliphatic hydroxyl groups is 1. The molecule has 2 fully saturated rings. The zero-order valence-electron chi connectivity index (χ0n) is 12.0. The minimum absolute atomic E-state index is 0.114. The maximum atomic E-state index is 9.33. The van der Waals surface area contributed by atoms with Crippen molar-refractivity contribution in [2.24, 2.45) is 0 Å². The van der Waals surface area contributed by atoms with Gasteiger partial charge < -0.3 is 33.5 Å². The van der Waals surface area contributed by atoms with Gasteiger partial charge in [-0.3, -0.25) is 0 Å². The van der Waals surface area contributed by atoms with Crippen molar-refractivity contribution in [3.05, 3.63) is 0 Å². The summed E-state index contributed by atoms with van der Waals surface area (Å²) >= 11 is 0. The van der Waals surface area contributed by atoms with Crippen molar-refractivity contribution in [2.75, 3.05) is 39.6 Å². The van der Waals surface area contributed by atoms with Gasteiger partial charge in [0.2, 0.25) is 0 Å². The summed E-state index contributed by atoms with van der Waals surface area (Å²) in [5, 5.41) is 9.33. The van der Waals surface area contributed by atoms with Crippen molar-refractivity contribution >= 4 is 0 Å². The summed E-state index contributed by atoms with van der Waals surface area (Å²) in [6, 6.07) is 0. The second-order valence-corrected chi connectivity index (χ2v) is 4.99. The summed E-state index contributed by atoms with van der Waals surface area (Å²) in [6.45, 7) is 5.77. The second-order valence-electron chi connectivity index (χ2n) is 4.99. The first kappa shape index (κ1) is 16.1. The van der Waals surface area contributed by atoms with E-state index in [1.54, 1.807) is 0 Å². The number of hydrogen-bond donors (Lipinski definition) is 1. The maximum absolute atomic E-state index is 9.33. The highest BCUT2D eigenvalue weighted by Crippen LogP contribution is 2.12. The van der Waals surface area contributed by atoms with Crippen LogP contribution in [-0.4, -0.2) is 75.6 Å². The molecule has 0 aliphatic carbocycles. The Hall–Kier alpha value is -0.280. The summed E-state index contributed by atoms with van der Waals surface area (Å²) in [5.74, 6) is 0. The van der Waals surface area contributed by atoms with Crippen LogP contribution in [0.2, 0.25) is 0 Å². The highest BCUT2D eigenvalue weighted by atomic mass is 16.7. The van der Waals surface area contributed by atoms with Gasteiger partial charge in [-0.05, 0) is 13.8 Å². The van der Waals surface area contributed by atoms with Crippen molar-refractivity contribution in [3.8, 4) is 0 Å². The monoisotopic (exact) mass is 292 g/mol. The second kappa shape index (κ2) is 8.23. The molecular weight excluding hydrogens is 268 g/mol. The first-order valence-corrected chi connectivity index (χ1v) is 7.01. The van der Waals surface area contributed by atoms with E-state index in [-0.39, 0.29) is 38.0 Å². The third kappa shape index (κ3) is 5.25. The van der Waals surface area contributed by atoms with Gasteiger partial charge in [-0.25, -0.2) is 0 Å². The van der Waals surface area contributed by atoms with E-state index in [0.29, 0.717) is 26.4 Å². The van der Waals surface area contributed by atoms with E-state index < -0.39 is 6.10 Å². The van der Waals surface area contributed by atoms with Gasteiger partial charge in [0.05, 0.1) is 39.6 Å². The smallest absolute Gasteiger partial charge is 0.155 e. The Morgan fingerprint density at radius 2 is 1.45 bits per heavy atom. The van der Waals surface area contributed by atoms with Gasteiger partial charge >= 0.3 is 0 Å². The lowest BCUT2D eigenvalue weighted by atomic mass is 10.3. The van der Waals surface area contributed by atoms with Crippen LogP contribution in [0.3, 0.4) is 0 Å². The molecule has 2 aliphatic heterocycles. The van der Waals surface area contributed by atoms with Crippen LogP contribution >= 0.6 is 0 Å². The SMILES string of the molecule is C[C@H]1OC[C@@H](OCC(CO)O[C@H]2CO[C@@H](C)OC2)CO1. The van der Waals surface area contributed by atoms with Gasteiger partial charge in [0.1, 0.15) is 18.3 Å². The fourth-order valence-corrected chi connectivity index (χ4v) is 1.99. The standard InChI is InChI=1S/C13H24O7/c1-9-15-5-12(6-16-9)19-4-11(3-14)20-13-7-17-10(2)18-8-13/h9-14H,3-8H2,1-2H3/t9-,10-,11?,12+,13+. The molecule has 1 unspecified atom stereocenters. The Balaban J connectivity index is 1.64. The highest BCUT2D eigenvalue weighted by Gasteiger charge is 2.25. The van der Waals surface area contributed by atoms with Crippen LogP contribution in [0.4, 0.5) is 0 Å². The van der Waals surface area contributed by atoms with E-state index in [2.05, 4.69) is 0 Å². The van der Waals surface area contributed by atoms with Crippen molar-refractivity contribution in [1.82, 2.24) is 0 Å². The molecule has 0 bridgehead atoms. The molecular formula is C13H24O7. The van der Waals surface area contributed by atoms with Crippen LogP contribution in [0.5, 0.6) is 0 Å². The molecule has 0 aromatic heterocycles. The van der Waals surface area contributed by atoms with Gasteiger partial charge in [0.25, 0.3) is 0 Å². The zero-order valence-corrected chi connectivity index (χ0v) is 12.0. The molecule has 0 amide bonds. The number of aliphatic hydroxyl groups excluding tert-OH is 1. The Morgan fingerprint density at radius 3 is 1.95 bits per heavy atom. The van der Waals surface area contributed by atoms with Crippen LogP contribution in [-0.2, 0) is 28.4 Å². The summed E-state index contributed by atoms with van der Waals surface area (Å²) in [4.78, 5) is 0. The van der Waals surface area contributed by atoms with Crippen LogP contribution in [0.15, 0.2) is 0 Å². The molecule has 2 heterocycles. The molecule has 7 nitrogen and oxygen atoms in total. The molecule has 0 aromatic rings. The molecule has 7 heteroatoms. The molecule has 2 aliphatic rings. The van der Waals surface area contributed by atoms with Gasteiger partial charge in [-0.1, -0.05) is 0 Å². The van der Waals surface area contributed by atoms with Crippen LogP contribution in [0, 0.1) is 0 Å². The number of hydrogen-bond acceptors (Lipinski definition) is 7. The van der Waals surface area contributed by atoms with Crippen molar-refractivity contribution < 1.29 is 33.5 Å². The first-order valence-electron chi connectivity index (χ1n) is 7.01. The van der Waals surface area contributed by atoms with Crippen molar-refractivity contribution in [3.63, 3.8) is 0 Å². The molecule has 1 N–H and O–H groups in total. The minimum Gasteiger partial charge on any atom is -0.394 e. The Morgan fingerprint density at radius 1 is 0.950 bits per heavy atom. The summed E-state index contributed by atoms with van der Waals surface area (Å²) in [7, 11) is 0.